The van der Waals surface area contributed by atoms with Gasteiger partial charge in [0.2, 0.25) is 10.0 Å². The number of furan rings is 1. The summed E-state index contributed by atoms with van der Waals surface area (Å²) in [6, 6.07) is 2.51. The molecule has 2 saturated carbocycles. The van der Waals surface area contributed by atoms with Crippen molar-refractivity contribution in [1.82, 2.24) is 9.62 Å². The highest BCUT2D eigenvalue weighted by Gasteiger charge is 2.45. The Kier molecular flexibility index (Phi) is 3.17. The summed E-state index contributed by atoms with van der Waals surface area (Å²) in [6.07, 6.45) is 5.64. The molecule has 1 aliphatic heterocycles. The molecule has 5 nitrogen and oxygen atoms in total. The minimum atomic E-state index is -3.39. The molecule has 21 heavy (non-hydrogen) atoms. The van der Waals surface area contributed by atoms with Crippen molar-refractivity contribution in [3.63, 3.8) is 0 Å². The number of hydrogen-bond donors (Lipinski definition) is 1. The zero-order valence-electron chi connectivity index (χ0n) is 12.3. The first kappa shape index (κ1) is 13.8. The smallest absolute Gasteiger partial charge is 0.246 e. The molecular weight excluding hydrogens is 288 g/mol. The molecule has 3 aliphatic rings. The van der Waals surface area contributed by atoms with Crippen molar-refractivity contribution in [3.05, 3.63) is 17.6 Å². The van der Waals surface area contributed by atoms with Gasteiger partial charge in [-0.1, -0.05) is 0 Å². The molecule has 2 bridgehead atoms. The number of piperidine rings is 1. The molecule has 1 N–H and O–H groups in total. The normalized spacial score (nSPS) is 29.4. The van der Waals surface area contributed by atoms with Crippen LogP contribution in [0.2, 0.25) is 0 Å². The van der Waals surface area contributed by atoms with Crippen LogP contribution in [0.1, 0.15) is 43.6 Å². The average Bonchev–Trinajstić information content (AvgIpc) is 2.86. The summed E-state index contributed by atoms with van der Waals surface area (Å²) in [4.78, 5) is 0.364. The van der Waals surface area contributed by atoms with E-state index in [4.69, 9.17) is 4.42 Å². The second kappa shape index (κ2) is 4.83. The molecule has 4 rings (SSSR count). The highest BCUT2D eigenvalue weighted by atomic mass is 32.2. The number of fused-ring (bicyclic) bond motifs is 2. The lowest BCUT2D eigenvalue weighted by Gasteiger charge is -2.25. The Labute approximate surface area is 125 Å². The first-order valence-corrected chi connectivity index (χ1v) is 9.32. The monoisotopic (exact) mass is 310 g/mol. The Balaban J connectivity index is 1.56. The van der Waals surface area contributed by atoms with Gasteiger partial charge < -0.3 is 9.73 Å². The summed E-state index contributed by atoms with van der Waals surface area (Å²) in [5.74, 6) is 1.81. The summed E-state index contributed by atoms with van der Waals surface area (Å²) in [5.41, 5.74) is 0. The van der Waals surface area contributed by atoms with Gasteiger partial charge in [-0.3, -0.25) is 0 Å². The van der Waals surface area contributed by atoms with Crippen molar-refractivity contribution in [1.29, 1.82) is 0 Å². The standard InChI is InChI=1S/C15H22N2O3S/c1-10-15(7-14(20-10)8-16-12-3-4-12)21(18,19)17-9-11-2-5-13(17)6-11/h7,11-13,16H,2-6,8-9H2,1H3. The van der Waals surface area contributed by atoms with E-state index in [0.29, 0.717) is 35.7 Å². The van der Waals surface area contributed by atoms with E-state index in [9.17, 15) is 8.42 Å². The molecule has 116 valence electrons. The molecule has 2 aliphatic carbocycles. The number of aryl methyl sites for hydroxylation is 1. The molecule has 6 heteroatoms. The predicted octanol–water partition coefficient (Wildman–Crippen LogP) is 2.01. The number of rotatable bonds is 5. The third-order valence-electron chi connectivity index (χ3n) is 5.01. The van der Waals surface area contributed by atoms with Crippen LogP contribution in [0.25, 0.3) is 0 Å². The van der Waals surface area contributed by atoms with E-state index >= 15 is 0 Å². The van der Waals surface area contributed by atoms with Gasteiger partial charge >= 0.3 is 0 Å². The van der Waals surface area contributed by atoms with Gasteiger partial charge in [0.05, 0.1) is 6.54 Å². The summed E-state index contributed by atoms with van der Waals surface area (Å²) in [5, 5.41) is 3.36. The molecule has 1 saturated heterocycles. The highest BCUT2D eigenvalue weighted by molar-refractivity contribution is 7.89. The molecule has 0 radical (unpaired) electrons. The Morgan fingerprint density at radius 2 is 2.14 bits per heavy atom. The Morgan fingerprint density at radius 3 is 2.76 bits per heavy atom. The number of nitrogens with one attached hydrogen (secondary N) is 1. The lowest BCUT2D eigenvalue weighted by atomic mass is 10.1. The van der Waals surface area contributed by atoms with Crippen LogP contribution in [0.15, 0.2) is 15.4 Å². The molecule has 3 fully saturated rings. The molecule has 1 aromatic rings. The lowest BCUT2D eigenvalue weighted by Crippen LogP contribution is -2.37. The van der Waals surface area contributed by atoms with Crippen LogP contribution in [0.4, 0.5) is 0 Å². The van der Waals surface area contributed by atoms with Gasteiger partial charge in [-0.2, -0.15) is 4.31 Å². The fourth-order valence-electron chi connectivity index (χ4n) is 3.70. The van der Waals surface area contributed by atoms with Crippen LogP contribution < -0.4 is 5.32 Å². The summed E-state index contributed by atoms with van der Waals surface area (Å²) in [6.45, 7) is 3.06. The maximum Gasteiger partial charge on any atom is 0.246 e. The zero-order valence-corrected chi connectivity index (χ0v) is 13.2. The summed E-state index contributed by atoms with van der Waals surface area (Å²) < 4.78 is 33.1. The minimum absolute atomic E-state index is 0.210. The number of sulfonamides is 1. The molecule has 2 atom stereocenters. The van der Waals surface area contributed by atoms with Gasteiger partial charge in [0.15, 0.2) is 0 Å². The second-order valence-electron chi connectivity index (χ2n) is 6.70. The molecule has 0 aromatic carbocycles. The van der Waals surface area contributed by atoms with E-state index in [1.54, 1.807) is 17.3 Å². The maximum atomic E-state index is 12.9. The van der Waals surface area contributed by atoms with Gasteiger partial charge in [-0.15, -0.1) is 0 Å². The molecule has 2 heterocycles. The fourth-order valence-corrected chi connectivity index (χ4v) is 5.63. The van der Waals surface area contributed by atoms with Crippen LogP contribution in [0.5, 0.6) is 0 Å². The van der Waals surface area contributed by atoms with Gasteiger partial charge in [0.25, 0.3) is 0 Å². The van der Waals surface area contributed by atoms with E-state index in [-0.39, 0.29) is 6.04 Å². The van der Waals surface area contributed by atoms with E-state index < -0.39 is 10.0 Å². The van der Waals surface area contributed by atoms with Crippen molar-refractivity contribution < 1.29 is 12.8 Å². The lowest BCUT2D eigenvalue weighted by molar-refractivity contribution is 0.332. The zero-order chi connectivity index (χ0) is 14.6. The quantitative estimate of drug-likeness (QED) is 0.904. The van der Waals surface area contributed by atoms with Gasteiger partial charge in [0.1, 0.15) is 16.4 Å². The second-order valence-corrected chi connectivity index (χ2v) is 8.55. The van der Waals surface area contributed by atoms with E-state index in [1.807, 2.05) is 0 Å². The molecular formula is C15H22N2O3S. The molecule has 1 aromatic heterocycles. The Morgan fingerprint density at radius 1 is 1.33 bits per heavy atom. The molecule has 0 spiro atoms. The number of nitrogens with zero attached hydrogens (tertiary/aromatic N) is 1. The summed E-state index contributed by atoms with van der Waals surface area (Å²) >= 11 is 0. The topological polar surface area (TPSA) is 62.6 Å². The first-order valence-electron chi connectivity index (χ1n) is 7.88. The van der Waals surface area contributed by atoms with Crippen LogP contribution in [0.3, 0.4) is 0 Å². The van der Waals surface area contributed by atoms with Crippen LogP contribution in [-0.4, -0.2) is 31.4 Å². The van der Waals surface area contributed by atoms with Crippen LogP contribution in [0, 0.1) is 12.8 Å². The fraction of sp³-hybridized carbons (Fsp3) is 0.733. The van der Waals surface area contributed by atoms with Crippen molar-refractivity contribution >= 4 is 10.0 Å². The third-order valence-corrected chi connectivity index (χ3v) is 7.04. The van der Waals surface area contributed by atoms with Gasteiger partial charge in [0, 0.05) is 24.7 Å². The van der Waals surface area contributed by atoms with Crippen molar-refractivity contribution in [2.75, 3.05) is 6.54 Å². The Bertz CT molecular complexity index is 648. The average molecular weight is 310 g/mol. The van der Waals surface area contributed by atoms with Crippen molar-refractivity contribution in [2.45, 2.75) is 62.6 Å². The predicted molar refractivity (Wildman–Crippen MR) is 78.3 cm³/mol. The van der Waals surface area contributed by atoms with Gasteiger partial charge in [-0.25, -0.2) is 8.42 Å². The van der Waals surface area contributed by atoms with Crippen molar-refractivity contribution in [3.8, 4) is 0 Å². The van der Waals surface area contributed by atoms with Crippen LogP contribution in [-0.2, 0) is 16.6 Å². The third kappa shape index (κ3) is 2.43. The van der Waals surface area contributed by atoms with Crippen molar-refractivity contribution in [2.24, 2.45) is 5.92 Å². The number of hydrogen-bond acceptors (Lipinski definition) is 4. The first-order chi connectivity index (χ1) is 10.0. The van der Waals surface area contributed by atoms with E-state index in [0.717, 1.165) is 18.6 Å². The largest absolute Gasteiger partial charge is 0.464 e. The molecule has 0 amide bonds. The Hall–Kier alpha value is -0.850. The van der Waals surface area contributed by atoms with Crippen LogP contribution >= 0.6 is 0 Å². The highest BCUT2D eigenvalue weighted by Crippen LogP contribution is 2.41. The van der Waals surface area contributed by atoms with E-state index in [2.05, 4.69) is 5.32 Å². The summed E-state index contributed by atoms with van der Waals surface area (Å²) in [7, 11) is -3.39. The maximum absolute atomic E-state index is 12.9. The van der Waals surface area contributed by atoms with E-state index in [1.165, 1.54) is 19.3 Å². The SMILES string of the molecule is Cc1oc(CNC2CC2)cc1S(=O)(=O)N1CC2CCC1C2. The van der Waals surface area contributed by atoms with Gasteiger partial charge in [-0.05, 0) is 44.9 Å². The molecule has 2 unspecified atom stereocenters. The minimum Gasteiger partial charge on any atom is -0.464 e.